The van der Waals surface area contributed by atoms with Gasteiger partial charge in [0.2, 0.25) is 0 Å². The van der Waals surface area contributed by atoms with Gasteiger partial charge in [-0.2, -0.15) is 0 Å². The van der Waals surface area contributed by atoms with Crippen LogP contribution in [0.1, 0.15) is 22.8 Å². The van der Waals surface area contributed by atoms with E-state index in [0.717, 1.165) is 17.7 Å². The number of halogens is 1. The average molecular weight is 417 g/mol. The topological polar surface area (TPSA) is 66.0 Å². The number of aliphatic imine (C=N–C) groups is 1. The van der Waals surface area contributed by atoms with Gasteiger partial charge in [0.15, 0.2) is 5.96 Å². The van der Waals surface area contributed by atoms with Gasteiger partial charge in [-0.05, 0) is 55.3 Å². The van der Waals surface area contributed by atoms with Crippen molar-refractivity contribution < 1.29 is 9.53 Å². The van der Waals surface area contributed by atoms with E-state index in [-0.39, 0.29) is 12.0 Å². The molecule has 0 aliphatic rings. The first-order valence-corrected chi connectivity index (χ1v) is 9.94. The van der Waals surface area contributed by atoms with Gasteiger partial charge < -0.3 is 20.3 Å². The number of carbonyl (C=O) groups excluding carboxylic acids is 1. The largest absolute Gasteiger partial charge is 0.489 e. The first-order valence-electron chi connectivity index (χ1n) is 9.56. The number of carbonyl (C=O) groups is 1. The van der Waals surface area contributed by atoms with Crippen LogP contribution in [0.3, 0.4) is 0 Å². The molecule has 0 heterocycles. The van der Waals surface area contributed by atoms with Crippen molar-refractivity contribution in [3.8, 4) is 5.75 Å². The maximum atomic E-state index is 12.1. The zero-order chi connectivity index (χ0) is 21.2. The Kier molecular flexibility index (Phi) is 8.80. The maximum Gasteiger partial charge on any atom is 0.253 e. The summed E-state index contributed by atoms with van der Waals surface area (Å²) >= 11 is 5.89. The highest BCUT2D eigenvalue weighted by Gasteiger charge is 2.09. The lowest BCUT2D eigenvalue weighted by molar-refractivity contribution is 0.0827. The number of nitrogens with zero attached hydrogens (tertiary/aromatic N) is 2. The fourth-order valence-electron chi connectivity index (χ4n) is 2.69. The fraction of sp³-hybridized carbons (Fsp3) is 0.364. The van der Waals surface area contributed by atoms with E-state index in [4.69, 9.17) is 16.3 Å². The van der Waals surface area contributed by atoms with E-state index in [9.17, 15) is 4.79 Å². The van der Waals surface area contributed by atoms with Gasteiger partial charge in [-0.15, -0.1) is 0 Å². The number of amides is 1. The average Bonchev–Trinajstić information content (AvgIpc) is 2.71. The molecule has 29 heavy (non-hydrogen) atoms. The van der Waals surface area contributed by atoms with Crippen LogP contribution in [-0.4, -0.2) is 57.1 Å². The van der Waals surface area contributed by atoms with Crippen molar-refractivity contribution in [1.29, 1.82) is 0 Å². The molecule has 0 aliphatic carbocycles. The number of ether oxygens (including phenoxy) is 1. The van der Waals surface area contributed by atoms with Gasteiger partial charge in [0.05, 0.1) is 6.54 Å². The van der Waals surface area contributed by atoms with Crippen LogP contribution >= 0.6 is 11.6 Å². The Morgan fingerprint density at radius 2 is 1.90 bits per heavy atom. The lowest BCUT2D eigenvalue weighted by Gasteiger charge is -2.18. The molecule has 2 aromatic carbocycles. The van der Waals surface area contributed by atoms with Crippen LogP contribution < -0.4 is 15.4 Å². The third-order valence-electron chi connectivity index (χ3n) is 4.22. The molecule has 2 N–H and O–H groups in total. The SMILES string of the molecule is CN=C(NCCc1cccc(C(=O)N(C)C)c1)NCC(C)Oc1ccc(Cl)cc1. The van der Waals surface area contributed by atoms with Crippen molar-refractivity contribution in [2.24, 2.45) is 4.99 Å². The summed E-state index contributed by atoms with van der Waals surface area (Å²) in [5.74, 6) is 1.49. The van der Waals surface area contributed by atoms with E-state index in [2.05, 4.69) is 15.6 Å². The quantitative estimate of drug-likeness (QED) is 0.512. The third kappa shape index (κ3) is 7.66. The molecule has 0 saturated heterocycles. The van der Waals surface area contributed by atoms with E-state index >= 15 is 0 Å². The molecule has 0 aliphatic heterocycles. The zero-order valence-corrected chi connectivity index (χ0v) is 18.2. The molecule has 1 unspecified atom stereocenters. The van der Waals surface area contributed by atoms with E-state index in [1.807, 2.05) is 43.3 Å². The number of hydrogen-bond acceptors (Lipinski definition) is 3. The number of hydrogen-bond donors (Lipinski definition) is 2. The molecule has 1 amide bonds. The van der Waals surface area contributed by atoms with E-state index < -0.39 is 0 Å². The molecule has 0 aromatic heterocycles. The van der Waals surface area contributed by atoms with Crippen LogP contribution in [0.25, 0.3) is 0 Å². The molecule has 0 fully saturated rings. The lowest BCUT2D eigenvalue weighted by Crippen LogP contribution is -2.42. The molecular formula is C22H29ClN4O2. The molecular weight excluding hydrogens is 388 g/mol. The van der Waals surface area contributed by atoms with Gasteiger partial charge in [-0.25, -0.2) is 0 Å². The van der Waals surface area contributed by atoms with Crippen LogP contribution in [-0.2, 0) is 6.42 Å². The van der Waals surface area contributed by atoms with Crippen LogP contribution in [0.2, 0.25) is 5.02 Å². The second kappa shape index (κ2) is 11.3. The van der Waals surface area contributed by atoms with Crippen molar-refractivity contribution in [2.45, 2.75) is 19.4 Å². The van der Waals surface area contributed by atoms with Crippen molar-refractivity contribution >= 4 is 23.5 Å². The van der Waals surface area contributed by atoms with E-state index in [1.54, 1.807) is 38.2 Å². The molecule has 156 valence electrons. The Morgan fingerprint density at radius 1 is 1.17 bits per heavy atom. The molecule has 0 bridgehead atoms. The second-order valence-corrected chi connectivity index (χ2v) is 7.35. The van der Waals surface area contributed by atoms with Gasteiger partial charge in [-0.1, -0.05) is 23.7 Å². The van der Waals surface area contributed by atoms with Crippen LogP contribution in [0, 0.1) is 0 Å². The summed E-state index contributed by atoms with van der Waals surface area (Å²) < 4.78 is 5.85. The monoisotopic (exact) mass is 416 g/mol. The Morgan fingerprint density at radius 3 is 2.55 bits per heavy atom. The molecule has 0 spiro atoms. The van der Waals surface area contributed by atoms with Crippen molar-refractivity contribution in [2.75, 3.05) is 34.2 Å². The van der Waals surface area contributed by atoms with Crippen molar-refractivity contribution in [1.82, 2.24) is 15.5 Å². The molecule has 2 rings (SSSR count). The lowest BCUT2D eigenvalue weighted by atomic mass is 10.1. The summed E-state index contributed by atoms with van der Waals surface area (Å²) in [5, 5.41) is 7.23. The van der Waals surface area contributed by atoms with Crippen LogP contribution in [0.5, 0.6) is 5.75 Å². The maximum absolute atomic E-state index is 12.1. The van der Waals surface area contributed by atoms with Gasteiger partial charge in [0.25, 0.3) is 5.91 Å². The standard InChI is InChI=1S/C22H29ClN4O2/c1-16(29-20-10-8-19(23)9-11-20)15-26-22(24-2)25-13-12-17-6-5-7-18(14-17)21(28)27(3)4/h5-11,14,16H,12-13,15H2,1-4H3,(H2,24,25,26). The van der Waals surface area contributed by atoms with Gasteiger partial charge in [-0.3, -0.25) is 9.79 Å². The number of rotatable bonds is 8. The highest BCUT2D eigenvalue weighted by molar-refractivity contribution is 6.30. The summed E-state index contributed by atoms with van der Waals surface area (Å²) in [6.07, 6.45) is 0.745. The summed E-state index contributed by atoms with van der Waals surface area (Å²) in [4.78, 5) is 17.9. The molecule has 2 aromatic rings. The smallest absolute Gasteiger partial charge is 0.253 e. The molecule has 6 nitrogen and oxygen atoms in total. The van der Waals surface area contributed by atoms with Crippen LogP contribution in [0.15, 0.2) is 53.5 Å². The molecule has 1 atom stereocenters. The van der Waals surface area contributed by atoms with Gasteiger partial charge >= 0.3 is 0 Å². The van der Waals surface area contributed by atoms with E-state index in [0.29, 0.717) is 29.6 Å². The number of nitrogens with one attached hydrogen (secondary N) is 2. The number of benzene rings is 2. The Hall–Kier alpha value is -2.73. The Bertz CT molecular complexity index is 822. The second-order valence-electron chi connectivity index (χ2n) is 6.91. The minimum absolute atomic E-state index is 0.00644. The highest BCUT2D eigenvalue weighted by Crippen LogP contribution is 2.16. The Labute approximate surface area is 177 Å². The molecule has 7 heteroatoms. The van der Waals surface area contributed by atoms with Gasteiger partial charge in [0, 0.05) is 38.3 Å². The fourth-order valence-corrected chi connectivity index (χ4v) is 2.82. The minimum Gasteiger partial charge on any atom is -0.489 e. The van der Waals surface area contributed by atoms with Gasteiger partial charge in [0.1, 0.15) is 11.9 Å². The summed E-state index contributed by atoms with van der Waals surface area (Å²) in [5.41, 5.74) is 1.79. The molecule has 0 saturated carbocycles. The number of guanidine groups is 1. The third-order valence-corrected chi connectivity index (χ3v) is 4.47. The van der Waals surface area contributed by atoms with Crippen molar-refractivity contribution in [3.05, 3.63) is 64.7 Å². The normalized spacial score (nSPS) is 12.2. The highest BCUT2D eigenvalue weighted by atomic mass is 35.5. The van der Waals surface area contributed by atoms with Crippen molar-refractivity contribution in [3.63, 3.8) is 0 Å². The first kappa shape index (κ1) is 22.6. The summed E-state index contributed by atoms with van der Waals surface area (Å²) in [6, 6.07) is 15.0. The predicted molar refractivity (Wildman–Crippen MR) is 119 cm³/mol. The molecule has 0 radical (unpaired) electrons. The van der Waals surface area contributed by atoms with Crippen LogP contribution in [0.4, 0.5) is 0 Å². The zero-order valence-electron chi connectivity index (χ0n) is 17.4. The predicted octanol–water partition coefficient (Wildman–Crippen LogP) is 3.22. The summed E-state index contributed by atoms with van der Waals surface area (Å²) in [7, 11) is 5.24. The minimum atomic E-state index is -0.0385. The Balaban J connectivity index is 1.77. The van der Waals surface area contributed by atoms with E-state index in [1.165, 1.54) is 0 Å². The first-order chi connectivity index (χ1) is 13.9. The summed E-state index contributed by atoms with van der Waals surface area (Å²) in [6.45, 7) is 3.29.